The summed E-state index contributed by atoms with van der Waals surface area (Å²) < 4.78 is 0. The molecular formula is C26H33N5O3S. The highest BCUT2D eigenvalue weighted by Gasteiger charge is 2.32. The third kappa shape index (κ3) is 5.34. The summed E-state index contributed by atoms with van der Waals surface area (Å²) in [5, 5.41) is 6.81. The minimum atomic E-state index is -0.255. The third-order valence-corrected chi connectivity index (χ3v) is 8.53. The zero-order valence-electron chi connectivity index (χ0n) is 20.1. The van der Waals surface area contributed by atoms with Gasteiger partial charge in [-0.05, 0) is 56.2 Å². The Morgan fingerprint density at radius 3 is 2.43 bits per heavy atom. The van der Waals surface area contributed by atoms with Crippen LogP contribution in [0.5, 0.6) is 0 Å². The minimum absolute atomic E-state index is 0.0127. The number of anilines is 1. The fourth-order valence-electron chi connectivity index (χ4n) is 5.34. The van der Waals surface area contributed by atoms with Gasteiger partial charge in [0.15, 0.2) is 0 Å². The van der Waals surface area contributed by atoms with Crippen LogP contribution in [0.4, 0.5) is 9.80 Å². The maximum Gasteiger partial charge on any atom is 0.317 e. The number of urea groups is 1. The molecule has 186 valence electrons. The Bertz CT molecular complexity index is 1070. The van der Waals surface area contributed by atoms with Crippen molar-refractivity contribution in [3.05, 3.63) is 46.1 Å². The molecular weight excluding hydrogens is 462 g/mol. The zero-order chi connectivity index (χ0) is 24.2. The summed E-state index contributed by atoms with van der Waals surface area (Å²) in [5.74, 6) is -0.298. The molecule has 0 spiro atoms. The Morgan fingerprint density at radius 2 is 1.69 bits per heavy atom. The van der Waals surface area contributed by atoms with E-state index < -0.39 is 0 Å². The first-order valence-corrected chi connectivity index (χ1v) is 13.6. The number of nitrogens with zero attached hydrogens (tertiary/aromatic N) is 3. The Morgan fingerprint density at radius 1 is 0.943 bits per heavy atom. The summed E-state index contributed by atoms with van der Waals surface area (Å²) in [5.41, 5.74) is 2.20. The number of amides is 4. The van der Waals surface area contributed by atoms with E-state index in [9.17, 15) is 14.4 Å². The highest BCUT2D eigenvalue weighted by molar-refractivity contribution is 7.17. The molecule has 0 bridgehead atoms. The molecule has 3 aliphatic rings. The van der Waals surface area contributed by atoms with Crippen LogP contribution in [0.2, 0.25) is 0 Å². The monoisotopic (exact) mass is 495 g/mol. The van der Waals surface area contributed by atoms with Crippen LogP contribution in [0.3, 0.4) is 0 Å². The maximum absolute atomic E-state index is 13.7. The topological polar surface area (TPSA) is 94.6 Å². The van der Waals surface area contributed by atoms with Crippen LogP contribution >= 0.6 is 11.3 Å². The van der Waals surface area contributed by atoms with Crippen LogP contribution < -0.4 is 10.6 Å². The largest absolute Gasteiger partial charge is 0.335 e. The summed E-state index contributed by atoms with van der Waals surface area (Å²) >= 11 is 1.53. The molecule has 3 heterocycles. The van der Waals surface area contributed by atoms with E-state index in [0.717, 1.165) is 44.1 Å². The first kappa shape index (κ1) is 23.8. The van der Waals surface area contributed by atoms with Gasteiger partial charge in [-0.3, -0.25) is 14.6 Å². The number of hydrogen-bond donors (Lipinski definition) is 2. The summed E-state index contributed by atoms with van der Waals surface area (Å²) in [4.78, 5) is 48.2. The van der Waals surface area contributed by atoms with Crippen LogP contribution in [-0.2, 0) is 12.8 Å². The molecule has 5 rings (SSSR count). The van der Waals surface area contributed by atoms with Crippen LogP contribution in [0.1, 0.15) is 76.1 Å². The van der Waals surface area contributed by atoms with Gasteiger partial charge in [-0.2, -0.15) is 0 Å². The van der Waals surface area contributed by atoms with Crippen LogP contribution in [0, 0.1) is 0 Å². The molecule has 4 amide bonds. The summed E-state index contributed by atoms with van der Waals surface area (Å²) in [6.07, 6.45) is 12.8. The average molecular weight is 496 g/mol. The van der Waals surface area contributed by atoms with Crippen molar-refractivity contribution in [2.45, 2.75) is 63.8 Å². The maximum atomic E-state index is 13.7. The van der Waals surface area contributed by atoms with Crippen molar-refractivity contribution < 1.29 is 14.4 Å². The lowest BCUT2D eigenvalue weighted by Crippen LogP contribution is -2.54. The van der Waals surface area contributed by atoms with Crippen molar-refractivity contribution in [1.82, 2.24) is 20.1 Å². The van der Waals surface area contributed by atoms with Crippen LogP contribution in [-0.4, -0.2) is 64.9 Å². The Hall–Kier alpha value is -2.94. The van der Waals surface area contributed by atoms with Gasteiger partial charge in [-0.1, -0.05) is 19.3 Å². The molecule has 1 aliphatic heterocycles. The highest BCUT2D eigenvalue weighted by Crippen LogP contribution is 2.39. The molecule has 1 saturated carbocycles. The number of aryl methyl sites for hydroxylation is 1. The van der Waals surface area contributed by atoms with Gasteiger partial charge in [0, 0.05) is 49.5 Å². The molecule has 0 aromatic carbocycles. The van der Waals surface area contributed by atoms with Crippen molar-refractivity contribution in [2.24, 2.45) is 0 Å². The van der Waals surface area contributed by atoms with Crippen molar-refractivity contribution in [3.63, 3.8) is 0 Å². The number of fused-ring (bicyclic) bond motifs is 1. The smallest absolute Gasteiger partial charge is 0.317 e. The van der Waals surface area contributed by atoms with Crippen molar-refractivity contribution in [2.75, 3.05) is 31.5 Å². The average Bonchev–Trinajstić information content (AvgIpc) is 3.27. The lowest BCUT2D eigenvalue weighted by Gasteiger charge is -2.36. The van der Waals surface area contributed by atoms with Crippen molar-refractivity contribution in [3.8, 4) is 0 Å². The normalized spacial score (nSPS) is 18.6. The van der Waals surface area contributed by atoms with Gasteiger partial charge in [0.25, 0.3) is 11.8 Å². The van der Waals surface area contributed by atoms with Gasteiger partial charge in [0.2, 0.25) is 0 Å². The molecule has 2 aliphatic carbocycles. The number of pyridine rings is 1. The Kier molecular flexibility index (Phi) is 7.32. The second kappa shape index (κ2) is 10.8. The van der Waals surface area contributed by atoms with E-state index in [4.69, 9.17) is 0 Å². The van der Waals surface area contributed by atoms with Gasteiger partial charge >= 0.3 is 6.03 Å². The van der Waals surface area contributed by atoms with E-state index in [0.29, 0.717) is 42.3 Å². The minimum Gasteiger partial charge on any atom is -0.335 e. The number of rotatable bonds is 4. The lowest BCUT2D eigenvalue weighted by molar-refractivity contribution is 0.0662. The molecule has 2 N–H and O–H groups in total. The van der Waals surface area contributed by atoms with Gasteiger partial charge < -0.3 is 20.4 Å². The molecule has 1 saturated heterocycles. The number of thiophene rings is 1. The highest BCUT2D eigenvalue weighted by atomic mass is 32.1. The van der Waals surface area contributed by atoms with E-state index in [2.05, 4.69) is 15.6 Å². The third-order valence-electron chi connectivity index (χ3n) is 7.32. The van der Waals surface area contributed by atoms with E-state index >= 15 is 0 Å². The molecule has 2 aromatic rings. The molecule has 0 unspecified atom stereocenters. The number of aromatic nitrogens is 1. The van der Waals surface area contributed by atoms with Crippen molar-refractivity contribution >= 4 is 34.2 Å². The molecule has 9 heteroatoms. The number of nitrogens with one attached hydrogen (secondary N) is 2. The van der Waals surface area contributed by atoms with E-state index in [-0.39, 0.29) is 23.9 Å². The summed E-state index contributed by atoms with van der Waals surface area (Å²) in [7, 11) is 0. The van der Waals surface area contributed by atoms with E-state index in [1.807, 2.05) is 9.80 Å². The van der Waals surface area contributed by atoms with E-state index in [1.54, 1.807) is 18.3 Å². The quantitative estimate of drug-likeness (QED) is 0.668. The second-order valence-electron chi connectivity index (χ2n) is 9.67. The fourth-order valence-corrected chi connectivity index (χ4v) is 6.61. The Balaban J connectivity index is 1.27. The number of carbonyl (C=O) groups is 3. The molecule has 35 heavy (non-hydrogen) atoms. The first-order valence-electron chi connectivity index (χ1n) is 12.8. The lowest BCUT2D eigenvalue weighted by atomic mass is 9.95. The van der Waals surface area contributed by atoms with Crippen LogP contribution in [0.25, 0.3) is 0 Å². The zero-order valence-corrected chi connectivity index (χ0v) is 20.9. The van der Waals surface area contributed by atoms with E-state index in [1.165, 1.54) is 41.7 Å². The van der Waals surface area contributed by atoms with Crippen molar-refractivity contribution in [1.29, 1.82) is 0 Å². The summed E-state index contributed by atoms with van der Waals surface area (Å²) in [6, 6.07) is 3.71. The molecule has 2 fully saturated rings. The number of hydrogen-bond acceptors (Lipinski definition) is 5. The fraction of sp³-hybridized carbons (Fsp3) is 0.538. The molecule has 2 aromatic heterocycles. The van der Waals surface area contributed by atoms with Gasteiger partial charge in [0.05, 0.1) is 11.1 Å². The molecule has 0 atom stereocenters. The predicted octanol–water partition coefficient (Wildman–Crippen LogP) is 4.07. The SMILES string of the molecule is O=C(Nc1sc2c(c1C(=O)N1CCN(C(=O)NC3CCCCC3)CC1)CCCC2)c1cccnc1. The second-order valence-corrected chi connectivity index (χ2v) is 10.8. The Labute approximate surface area is 210 Å². The predicted molar refractivity (Wildman–Crippen MR) is 136 cm³/mol. The van der Waals surface area contributed by atoms with Crippen LogP contribution in [0.15, 0.2) is 24.5 Å². The molecule has 0 radical (unpaired) electrons. The first-order chi connectivity index (χ1) is 17.1. The standard InChI is InChI=1S/C26H33N5O3S/c32-23(18-7-6-12-27-17-18)29-24-22(20-10-4-5-11-21(20)35-24)25(33)30-13-15-31(16-14-30)26(34)28-19-8-2-1-3-9-19/h6-7,12,17,19H,1-5,8-11,13-16H2,(H,28,34)(H,29,32). The number of piperazine rings is 1. The number of carbonyl (C=O) groups excluding carboxylic acids is 3. The molecule has 8 nitrogen and oxygen atoms in total. The van der Waals surface area contributed by atoms with Gasteiger partial charge in [-0.15, -0.1) is 11.3 Å². The van der Waals surface area contributed by atoms with Gasteiger partial charge in [-0.25, -0.2) is 4.79 Å². The summed E-state index contributed by atoms with van der Waals surface area (Å²) in [6.45, 7) is 2.04. The van der Waals surface area contributed by atoms with Gasteiger partial charge in [0.1, 0.15) is 5.00 Å².